The van der Waals surface area contributed by atoms with Gasteiger partial charge in [-0.05, 0) is 31.1 Å². The zero-order valence-corrected chi connectivity index (χ0v) is 13.3. The number of hydrogen-bond acceptors (Lipinski definition) is 3. The molecule has 0 radical (unpaired) electrons. The second-order valence-electron chi connectivity index (χ2n) is 6.17. The Balaban J connectivity index is 1.84. The zero-order valence-electron chi connectivity index (χ0n) is 12.5. The van der Waals surface area contributed by atoms with Crippen molar-refractivity contribution in [3.8, 4) is 0 Å². The third-order valence-electron chi connectivity index (χ3n) is 4.21. The average Bonchev–Trinajstić information content (AvgIpc) is 2.84. The molecule has 6 nitrogen and oxygen atoms in total. The molecular formula is C13H26N4O2S. The number of hydrogen-bond donors (Lipinski definition) is 1. The van der Waals surface area contributed by atoms with Crippen molar-refractivity contribution >= 4 is 16.0 Å². The van der Waals surface area contributed by atoms with Crippen LogP contribution < -0.4 is 5.73 Å². The molecule has 2 rings (SSSR count). The van der Waals surface area contributed by atoms with Crippen molar-refractivity contribution < 1.29 is 8.42 Å². The molecule has 2 saturated heterocycles. The molecule has 0 aromatic rings. The number of guanidine groups is 1. The van der Waals surface area contributed by atoms with Gasteiger partial charge in [0, 0.05) is 32.7 Å². The molecule has 0 bridgehead atoms. The molecule has 2 aliphatic rings. The molecule has 0 aromatic heterocycles. The van der Waals surface area contributed by atoms with Crippen LogP contribution in [0.4, 0.5) is 0 Å². The molecule has 0 spiro atoms. The highest BCUT2D eigenvalue weighted by molar-refractivity contribution is 7.88. The van der Waals surface area contributed by atoms with Gasteiger partial charge in [-0.1, -0.05) is 6.92 Å². The van der Waals surface area contributed by atoms with Crippen molar-refractivity contribution in [3.63, 3.8) is 0 Å². The molecule has 2 fully saturated rings. The van der Waals surface area contributed by atoms with Crippen molar-refractivity contribution in [1.82, 2.24) is 9.21 Å². The predicted molar refractivity (Wildman–Crippen MR) is 81.0 cm³/mol. The number of nitrogens with two attached hydrogens (primary N) is 1. The second-order valence-corrected chi connectivity index (χ2v) is 8.15. The first-order valence-electron chi connectivity index (χ1n) is 7.36. The average molecular weight is 302 g/mol. The molecule has 2 heterocycles. The van der Waals surface area contributed by atoms with Gasteiger partial charge in [0.15, 0.2) is 5.96 Å². The molecule has 116 valence electrons. The van der Waals surface area contributed by atoms with E-state index in [2.05, 4.69) is 16.8 Å². The van der Waals surface area contributed by atoms with Gasteiger partial charge in [0.2, 0.25) is 10.0 Å². The van der Waals surface area contributed by atoms with Gasteiger partial charge in [-0.2, -0.15) is 0 Å². The van der Waals surface area contributed by atoms with Crippen molar-refractivity contribution in [2.45, 2.75) is 26.2 Å². The summed E-state index contributed by atoms with van der Waals surface area (Å²) in [5.74, 6) is 1.59. The SMILES string of the molecule is CC1CCCN(C(N)=NCC2CCN(S(C)(=O)=O)C2)C1. The molecule has 2 aliphatic heterocycles. The largest absolute Gasteiger partial charge is 0.370 e. The van der Waals surface area contributed by atoms with Crippen LogP contribution in [0, 0.1) is 11.8 Å². The van der Waals surface area contributed by atoms with E-state index in [4.69, 9.17) is 5.73 Å². The first kappa shape index (κ1) is 15.6. The molecule has 0 saturated carbocycles. The summed E-state index contributed by atoms with van der Waals surface area (Å²) in [6, 6.07) is 0. The molecule has 0 aromatic carbocycles. The lowest BCUT2D eigenvalue weighted by Gasteiger charge is -2.31. The Morgan fingerprint density at radius 2 is 2.05 bits per heavy atom. The smallest absolute Gasteiger partial charge is 0.211 e. The number of aliphatic imine (C=N–C) groups is 1. The minimum atomic E-state index is -3.06. The van der Waals surface area contributed by atoms with Crippen molar-refractivity contribution in [1.29, 1.82) is 0 Å². The topological polar surface area (TPSA) is 79.0 Å². The fourth-order valence-corrected chi connectivity index (χ4v) is 3.89. The van der Waals surface area contributed by atoms with E-state index in [-0.39, 0.29) is 0 Å². The fourth-order valence-electron chi connectivity index (χ4n) is 2.97. The van der Waals surface area contributed by atoms with Gasteiger partial charge in [-0.3, -0.25) is 4.99 Å². The van der Waals surface area contributed by atoms with Crippen molar-refractivity contribution in [2.24, 2.45) is 22.6 Å². The molecule has 2 N–H and O–H groups in total. The van der Waals surface area contributed by atoms with Crippen LogP contribution in [0.5, 0.6) is 0 Å². The van der Waals surface area contributed by atoms with Crippen LogP contribution in [0.1, 0.15) is 26.2 Å². The Hall–Kier alpha value is -0.820. The first-order valence-corrected chi connectivity index (χ1v) is 9.21. The second kappa shape index (κ2) is 6.30. The molecule has 7 heteroatoms. The number of rotatable bonds is 3. The summed E-state index contributed by atoms with van der Waals surface area (Å²) in [4.78, 5) is 6.63. The summed E-state index contributed by atoms with van der Waals surface area (Å²) < 4.78 is 24.4. The van der Waals surface area contributed by atoms with Crippen LogP contribution in [0.3, 0.4) is 0 Å². The summed E-state index contributed by atoms with van der Waals surface area (Å²) in [5, 5.41) is 0. The van der Waals surface area contributed by atoms with Crippen LogP contribution in [-0.2, 0) is 10.0 Å². The lowest BCUT2D eigenvalue weighted by Crippen LogP contribution is -2.43. The molecule has 0 aliphatic carbocycles. The Bertz CT molecular complexity index is 463. The highest BCUT2D eigenvalue weighted by Crippen LogP contribution is 2.19. The van der Waals surface area contributed by atoms with Gasteiger partial charge in [0.1, 0.15) is 0 Å². The molecular weight excluding hydrogens is 276 g/mol. The van der Waals surface area contributed by atoms with E-state index in [9.17, 15) is 8.42 Å². The fraction of sp³-hybridized carbons (Fsp3) is 0.923. The maximum absolute atomic E-state index is 11.5. The van der Waals surface area contributed by atoms with Crippen molar-refractivity contribution in [3.05, 3.63) is 0 Å². The molecule has 2 unspecified atom stereocenters. The zero-order chi connectivity index (χ0) is 14.8. The number of piperidine rings is 1. The van der Waals surface area contributed by atoms with Gasteiger partial charge < -0.3 is 10.6 Å². The van der Waals surface area contributed by atoms with E-state index >= 15 is 0 Å². The maximum Gasteiger partial charge on any atom is 0.211 e. The van der Waals surface area contributed by atoms with Crippen LogP contribution >= 0.6 is 0 Å². The van der Waals surface area contributed by atoms with Gasteiger partial charge >= 0.3 is 0 Å². The van der Waals surface area contributed by atoms with E-state index in [1.807, 2.05) is 0 Å². The number of likely N-dealkylation sites (tertiary alicyclic amines) is 1. The third kappa shape index (κ3) is 4.09. The summed E-state index contributed by atoms with van der Waals surface area (Å²) >= 11 is 0. The maximum atomic E-state index is 11.5. The van der Waals surface area contributed by atoms with Gasteiger partial charge in [0.25, 0.3) is 0 Å². The normalized spacial score (nSPS) is 29.9. The Kier molecular flexibility index (Phi) is 4.90. The minimum absolute atomic E-state index is 0.297. The monoisotopic (exact) mass is 302 g/mol. The molecule has 0 amide bonds. The van der Waals surface area contributed by atoms with Crippen LogP contribution in [0.25, 0.3) is 0 Å². The summed E-state index contributed by atoms with van der Waals surface area (Å²) in [6.45, 7) is 6.02. The number of sulfonamides is 1. The Labute approximate surface area is 122 Å². The van der Waals surface area contributed by atoms with Gasteiger partial charge in [-0.25, -0.2) is 12.7 Å². The lowest BCUT2D eigenvalue weighted by atomic mass is 10.0. The predicted octanol–water partition coefficient (Wildman–Crippen LogP) is 0.315. The lowest BCUT2D eigenvalue weighted by molar-refractivity contribution is 0.270. The van der Waals surface area contributed by atoms with Crippen LogP contribution in [0.2, 0.25) is 0 Å². The minimum Gasteiger partial charge on any atom is -0.370 e. The van der Waals surface area contributed by atoms with Crippen molar-refractivity contribution in [2.75, 3.05) is 39.0 Å². The first-order chi connectivity index (χ1) is 9.36. The van der Waals surface area contributed by atoms with Crippen LogP contribution in [-0.4, -0.2) is 62.6 Å². The van der Waals surface area contributed by atoms with Gasteiger partial charge in [0.05, 0.1) is 6.26 Å². The van der Waals surface area contributed by atoms with Crippen LogP contribution in [0.15, 0.2) is 4.99 Å². The number of nitrogens with zero attached hydrogens (tertiary/aromatic N) is 3. The highest BCUT2D eigenvalue weighted by Gasteiger charge is 2.28. The van der Waals surface area contributed by atoms with Gasteiger partial charge in [-0.15, -0.1) is 0 Å². The standard InChI is InChI=1S/C13H26N4O2S/c1-11-4-3-6-16(9-11)13(14)15-8-12-5-7-17(10-12)20(2,18)19/h11-12H,3-10H2,1-2H3,(H2,14,15). The van der Waals surface area contributed by atoms with E-state index < -0.39 is 10.0 Å². The quantitative estimate of drug-likeness (QED) is 0.601. The summed E-state index contributed by atoms with van der Waals surface area (Å²) in [6.07, 6.45) is 4.57. The molecule has 20 heavy (non-hydrogen) atoms. The Morgan fingerprint density at radius 1 is 1.30 bits per heavy atom. The van der Waals surface area contributed by atoms with E-state index in [1.165, 1.54) is 23.4 Å². The highest BCUT2D eigenvalue weighted by atomic mass is 32.2. The third-order valence-corrected chi connectivity index (χ3v) is 5.48. The van der Waals surface area contributed by atoms with E-state index in [1.54, 1.807) is 0 Å². The van der Waals surface area contributed by atoms with E-state index in [0.29, 0.717) is 37.4 Å². The summed E-state index contributed by atoms with van der Waals surface area (Å²) in [7, 11) is -3.06. The van der Waals surface area contributed by atoms with E-state index in [0.717, 1.165) is 19.5 Å². The Morgan fingerprint density at radius 3 is 2.65 bits per heavy atom. The molecule has 2 atom stereocenters. The summed E-state index contributed by atoms with van der Waals surface area (Å²) in [5.41, 5.74) is 6.05.